The molecule has 3 nitrogen and oxygen atoms in total. The summed E-state index contributed by atoms with van der Waals surface area (Å²) < 4.78 is 0. The van der Waals surface area contributed by atoms with Gasteiger partial charge in [0.25, 0.3) is 0 Å². The summed E-state index contributed by atoms with van der Waals surface area (Å²) in [4.78, 5) is 12.0. The van der Waals surface area contributed by atoms with Crippen molar-refractivity contribution < 1.29 is 4.79 Å². The van der Waals surface area contributed by atoms with E-state index in [0.717, 1.165) is 13.0 Å². The van der Waals surface area contributed by atoms with E-state index in [9.17, 15) is 4.79 Å². The minimum absolute atomic E-state index is 0.210. The third kappa shape index (κ3) is 2.57. The van der Waals surface area contributed by atoms with Crippen LogP contribution in [0.15, 0.2) is 0 Å². The van der Waals surface area contributed by atoms with Crippen LogP contribution in [-0.4, -0.2) is 24.5 Å². The number of nitrogens with one attached hydrogen (secondary N) is 2. The first-order valence-electron chi connectivity index (χ1n) is 6.63. The van der Waals surface area contributed by atoms with E-state index in [1.54, 1.807) is 0 Å². The van der Waals surface area contributed by atoms with Crippen molar-refractivity contribution >= 4 is 5.91 Å². The molecule has 2 N–H and O–H groups in total. The largest absolute Gasteiger partial charge is 0.351 e. The zero-order chi connectivity index (χ0) is 11.7. The lowest BCUT2D eigenvalue weighted by molar-refractivity contribution is -0.126. The summed E-state index contributed by atoms with van der Waals surface area (Å²) in [5.74, 6) is 1.71. The van der Waals surface area contributed by atoms with Gasteiger partial charge < -0.3 is 10.6 Å². The van der Waals surface area contributed by atoms with Crippen molar-refractivity contribution in [3.63, 3.8) is 0 Å². The van der Waals surface area contributed by atoms with Gasteiger partial charge in [-0.05, 0) is 44.6 Å². The van der Waals surface area contributed by atoms with Crippen LogP contribution in [0.5, 0.6) is 0 Å². The molecule has 0 bridgehead atoms. The molecule has 1 aliphatic carbocycles. The number of carbonyl (C=O) groups is 1. The van der Waals surface area contributed by atoms with Crippen molar-refractivity contribution in [3.8, 4) is 0 Å². The molecule has 3 heteroatoms. The normalized spacial score (nSPS) is 36.8. The van der Waals surface area contributed by atoms with Gasteiger partial charge in [-0.15, -0.1) is 0 Å². The molecule has 0 aromatic rings. The Morgan fingerprint density at radius 3 is 2.56 bits per heavy atom. The van der Waals surface area contributed by atoms with Crippen LogP contribution in [-0.2, 0) is 4.79 Å². The summed E-state index contributed by atoms with van der Waals surface area (Å²) in [6.07, 6.45) is 3.64. The second-order valence-corrected chi connectivity index (χ2v) is 5.67. The molecule has 4 atom stereocenters. The number of hydrogen-bond acceptors (Lipinski definition) is 2. The van der Waals surface area contributed by atoms with Gasteiger partial charge in [0, 0.05) is 18.0 Å². The van der Waals surface area contributed by atoms with Gasteiger partial charge >= 0.3 is 0 Å². The Balaban J connectivity index is 1.88. The number of carbonyl (C=O) groups excluding carboxylic acids is 1. The summed E-state index contributed by atoms with van der Waals surface area (Å²) >= 11 is 0. The van der Waals surface area contributed by atoms with Crippen molar-refractivity contribution in [1.82, 2.24) is 10.6 Å². The maximum absolute atomic E-state index is 12.0. The molecule has 2 fully saturated rings. The Hall–Kier alpha value is -0.570. The maximum Gasteiger partial charge on any atom is 0.223 e. The predicted molar refractivity (Wildman–Crippen MR) is 65.1 cm³/mol. The Labute approximate surface area is 98.4 Å². The van der Waals surface area contributed by atoms with Gasteiger partial charge in [-0.2, -0.15) is 0 Å². The number of hydrogen-bond donors (Lipinski definition) is 2. The SMILES string of the molecule is CC1CCNC(C)C1NC(=O)C(C)C1CC1. The van der Waals surface area contributed by atoms with Gasteiger partial charge in [-0.3, -0.25) is 4.79 Å². The monoisotopic (exact) mass is 224 g/mol. The number of piperidine rings is 1. The van der Waals surface area contributed by atoms with Crippen molar-refractivity contribution in [1.29, 1.82) is 0 Å². The summed E-state index contributed by atoms with van der Waals surface area (Å²) in [6, 6.07) is 0.710. The van der Waals surface area contributed by atoms with E-state index in [1.807, 2.05) is 0 Å². The first-order valence-corrected chi connectivity index (χ1v) is 6.63. The average molecular weight is 224 g/mol. The van der Waals surface area contributed by atoms with Crippen molar-refractivity contribution in [2.75, 3.05) is 6.54 Å². The van der Waals surface area contributed by atoms with Crippen LogP contribution in [0, 0.1) is 17.8 Å². The van der Waals surface area contributed by atoms with E-state index in [0.29, 0.717) is 23.9 Å². The van der Waals surface area contributed by atoms with Gasteiger partial charge in [0.05, 0.1) is 0 Å². The lowest BCUT2D eigenvalue weighted by atomic mass is 9.88. The summed E-state index contributed by atoms with van der Waals surface area (Å²) in [7, 11) is 0. The molecule has 0 radical (unpaired) electrons. The molecular formula is C13H24N2O. The fourth-order valence-corrected chi connectivity index (χ4v) is 2.71. The van der Waals surface area contributed by atoms with Crippen LogP contribution in [0.1, 0.15) is 40.0 Å². The number of rotatable bonds is 3. The highest BCUT2D eigenvalue weighted by Crippen LogP contribution is 2.36. The Morgan fingerprint density at radius 2 is 2.00 bits per heavy atom. The number of amides is 1. The summed E-state index contributed by atoms with van der Waals surface area (Å²) in [5, 5.41) is 6.67. The fourth-order valence-electron chi connectivity index (χ4n) is 2.71. The Morgan fingerprint density at radius 1 is 1.31 bits per heavy atom. The maximum atomic E-state index is 12.0. The van der Waals surface area contributed by atoms with Gasteiger partial charge in [0.15, 0.2) is 0 Å². The summed E-state index contributed by atoms with van der Waals surface area (Å²) in [6.45, 7) is 7.55. The van der Waals surface area contributed by atoms with Gasteiger partial charge in [0.2, 0.25) is 5.91 Å². The molecule has 1 saturated heterocycles. The van der Waals surface area contributed by atoms with Crippen LogP contribution < -0.4 is 10.6 Å². The Bertz CT molecular complexity index is 253. The lowest BCUT2D eigenvalue weighted by Gasteiger charge is -2.36. The van der Waals surface area contributed by atoms with Crippen molar-refractivity contribution in [3.05, 3.63) is 0 Å². The molecule has 2 aliphatic rings. The molecule has 0 aromatic carbocycles. The molecule has 16 heavy (non-hydrogen) atoms. The topological polar surface area (TPSA) is 41.1 Å². The molecule has 1 aliphatic heterocycles. The molecule has 2 rings (SSSR count). The van der Waals surface area contributed by atoms with Crippen LogP contribution in [0.25, 0.3) is 0 Å². The van der Waals surface area contributed by atoms with E-state index in [4.69, 9.17) is 0 Å². The quantitative estimate of drug-likeness (QED) is 0.763. The predicted octanol–water partition coefficient (Wildman–Crippen LogP) is 1.54. The van der Waals surface area contributed by atoms with Crippen LogP contribution in [0.3, 0.4) is 0 Å². The second-order valence-electron chi connectivity index (χ2n) is 5.67. The fraction of sp³-hybridized carbons (Fsp3) is 0.923. The molecule has 1 amide bonds. The van der Waals surface area contributed by atoms with E-state index >= 15 is 0 Å². The van der Waals surface area contributed by atoms with Gasteiger partial charge in [-0.1, -0.05) is 13.8 Å². The van der Waals surface area contributed by atoms with Crippen LogP contribution >= 0.6 is 0 Å². The van der Waals surface area contributed by atoms with Gasteiger partial charge in [0.1, 0.15) is 0 Å². The van der Waals surface area contributed by atoms with Crippen LogP contribution in [0.2, 0.25) is 0 Å². The zero-order valence-corrected chi connectivity index (χ0v) is 10.6. The zero-order valence-electron chi connectivity index (χ0n) is 10.6. The minimum Gasteiger partial charge on any atom is -0.351 e. The standard InChI is InChI=1S/C13H24N2O/c1-8-6-7-14-10(3)12(8)15-13(16)9(2)11-4-5-11/h8-12,14H,4-7H2,1-3H3,(H,15,16). The first kappa shape index (κ1) is 11.9. The second kappa shape index (κ2) is 4.74. The summed E-state index contributed by atoms with van der Waals surface area (Å²) in [5.41, 5.74) is 0. The molecule has 92 valence electrons. The van der Waals surface area contributed by atoms with Crippen LogP contribution in [0.4, 0.5) is 0 Å². The highest BCUT2D eigenvalue weighted by atomic mass is 16.2. The van der Waals surface area contributed by atoms with E-state index in [2.05, 4.69) is 31.4 Å². The van der Waals surface area contributed by atoms with Crippen molar-refractivity contribution in [2.24, 2.45) is 17.8 Å². The molecule has 4 unspecified atom stereocenters. The van der Waals surface area contributed by atoms with Crippen molar-refractivity contribution in [2.45, 2.75) is 52.1 Å². The molecular weight excluding hydrogens is 200 g/mol. The lowest BCUT2D eigenvalue weighted by Crippen LogP contribution is -2.56. The molecule has 1 saturated carbocycles. The molecule has 0 aromatic heterocycles. The first-order chi connectivity index (χ1) is 7.59. The Kier molecular flexibility index (Phi) is 3.53. The van der Waals surface area contributed by atoms with E-state index in [1.165, 1.54) is 12.8 Å². The third-order valence-corrected chi connectivity index (χ3v) is 4.27. The highest BCUT2D eigenvalue weighted by Gasteiger charge is 2.35. The highest BCUT2D eigenvalue weighted by molar-refractivity contribution is 5.79. The van der Waals surface area contributed by atoms with E-state index < -0.39 is 0 Å². The molecule has 0 spiro atoms. The van der Waals surface area contributed by atoms with E-state index in [-0.39, 0.29) is 11.8 Å². The third-order valence-electron chi connectivity index (χ3n) is 4.27. The smallest absolute Gasteiger partial charge is 0.223 e. The molecule has 1 heterocycles. The average Bonchev–Trinajstić information content (AvgIpc) is 3.06. The van der Waals surface area contributed by atoms with Gasteiger partial charge in [-0.25, -0.2) is 0 Å². The minimum atomic E-state index is 0.210.